The molecule has 0 amide bonds. The van der Waals surface area contributed by atoms with Gasteiger partial charge in [-0.2, -0.15) is 4.52 Å². The number of pyridine rings is 1. The fourth-order valence-electron chi connectivity index (χ4n) is 3.77. The van der Waals surface area contributed by atoms with Crippen LogP contribution in [0.4, 0.5) is 5.82 Å². The summed E-state index contributed by atoms with van der Waals surface area (Å²) in [7, 11) is 0. The second-order valence-corrected chi connectivity index (χ2v) is 6.87. The molecule has 0 unspecified atom stereocenters. The standard InChI is InChI=1S/C21H20N6/c1-2-6-16(7-3-1)17-11-14-26(15-12-17)20-10-9-19-23-24-21(27(19)25-20)18-8-4-5-13-22-18/h1-10,13,17H,11-12,14-15H2. The molecule has 1 aromatic carbocycles. The molecule has 6 heteroatoms. The molecule has 0 atom stereocenters. The monoisotopic (exact) mass is 356 g/mol. The quantitative estimate of drug-likeness (QED) is 0.562. The highest BCUT2D eigenvalue weighted by Gasteiger charge is 2.22. The number of piperidine rings is 1. The van der Waals surface area contributed by atoms with Gasteiger partial charge in [0, 0.05) is 19.3 Å². The molecule has 3 aromatic heterocycles. The number of benzene rings is 1. The Kier molecular flexibility index (Phi) is 4.01. The Morgan fingerprint density at radius 2 is 1.63 bits per heavy atom. The highest BCUT2D eigenvalue weighted by Crippen LogP contribution is 2.29. The summed E-state index contributed by atoms with van der Waals surface area (Å²) >= 11 is 0. The Bertz CT molecular complexity index is 1040. The topological polar surface area (TPSA) is 59.2 Å². The predicted molar refractivity (Wildman–Crippen MR) is 105 cm³/mol. The van der Waals surface area contributed by atoms with Gasteiger partial charge in [-0.25, -0.2) is 0 Å². The van der Waals surface area contributed by atoms with Crippen LogP contribution in [0.15, 0.2) is 66.9 Å². The van der Waals surface area contributed by atoms with E-state index in [9.17, 15) is 0 Å². The summed E-state index contributed by atoms with van der Waals surface area (Å²) in [5.41, 5.74) is 2.95. The van der Waals surface area contributed by atoms with Crippen molar-refractivity contribution in [3.63, 3.8) is 0 Å². The van der Waals surface area contributed by atoms with Crippen molar-refractivity contribution in [2.75, 3.05) is 18.0 Å². The van der Waals surface area contributed by atoms with Gasteiger partial charge in [0.25, 0.3) is 0 Å². The van der Waals surface area contributed by atoms with E-state index in [2.05, 4.69) is 50.4 Å². The third-order valence-corrected chi connectivity index (χ3v) is 5.23. The van der Waals surface area contributed by atoms with Gasteiger partial charge in [0.1, 0.15) is 11.5 Å². The van der Waals surface area contributed by atoms with Crippen molar-refractivity contribution in [3.8, 4) is 11.5 Å². The summed E-state index contributed by atoms with van der Waals surface area (Å²) < 4.78 is 1.79. The lowest BCUT2D eigenvalue weighted by Crippen LogP contribution is -2.33. The highest BCUT2D eigenvalue weighted by atomic mass is 15.4. The van der Waals surface area contributed by atoms with E-state index in [-0.39, 0.29) is 0 Å². The lowest BCUT2D eigenvalue weighted by molar-refractivity contribution is 0.501. The van der Waals surface area contributed by atoms with E-state index in [4.69, 9.17) is 5.10 Å². The number of anilines is 1. The molecule has 6 nitrogen and oxygen atoms in total. The first-order valence-electron chi connectivity index (χ1n) is 9.32. The molecule has 1 aliphatic heterocycles. The van der Waals surface area contributed by atoms with Crippen LogP contribution < -0.4 is 4.90 Å². The number of hydrogen-bond acceptors (Lipinski definition) is 5. The number of rotatable bonds is 3. The summed E-state index contributed by atoms with van der Waals surface area (Å²) in [4.78, 5) is 6.73. The Labute approximate surface area is 157 Å². The zero-order chi connectivity index (χ0) is 18.1. The Morgan fingerprint density at radius 3 is 2.41 bits per heavy atom. The summed E-state index contributed by atoms with van der Waals surface area (Å²) in [5, 5.41) is 13.3. The van der Waals surface area contributed by atoms with Crippen LogP contribution >= 0.6 is 0 Å². The number of fused-ring (bicyclic) bond motifs is 1. The third-order valence-electron chi connectivity index (χ3n) is 5.23. The van der Waals surface area contributed by atoms with E-state index in [1.165, 1.54) is 5.56 Å². The molecule has 5 rings (SSSR count). The third kappa shape index (κ3) is 3.03. The summed E-state index contributed by atoms with van der Waals surface area (Å²) in [6.45, 7) is 2.00. The lowest BCUT2D eigenvalue weighted by Gasteiger charge is -2.32. The molecule has 0 N–H and O–H groups in total. The van der Waals surface area contributed by atoms with Gasteiger partial charge < -0.3 is 4.90 Å². The highest BCUT2D eigenvalue weighted by molar-refractivity contribution is 5.56. The van der Waals surface area contributed by atoms with Gasteiger partial charge in [0.05, 0.1) is 0 Å². The molecule has 4 aromatic rings. The molecule has 0 bridgehead atoms. The molecule has 0 radical (unpaired) electrons. The SMILES string of the molecule is c1ccc(C2CCN(c3ccc4nnc(-c5ccccn5)n4n3)CC2)cc1. The van der Waals surface area contributed by atoms with Crippen molar-refractivity contribution in [2.45, 2.75) is 18.8 Å². The van der Waals surface area contributed by atoms with Crippen LogP contribution in [0.25, 0.3) is 17.2 Å². The second kappa shape index (κ2) is 6.79. The average Bonchev–Trinajstić information content (AvgIpc) is 3.18. The van der Waals surface area contributed by atoms with Crippen LogP contribution in [-0.4, -0.2) is 37.9 Å². The van der Waals surface area contributed by atoms with Crippen molar-refractivity contribution in [2.24, 2.45) is 0 Å². The first-order chi connectivity index (χ1) is 13.4. The predicted octanol–water partition coefficient (Wildman–Crippen LogP) is 3.57. The molecule has 1 fully saturated rings. The van der Waals surface area contributed by atoms with Gasteiger partial charge in [0.2, 0.25) is 5.82 Å². The Balaban J connectivity index is 1.40. The Hall–Kier alpha value is -3.28. The fourth-order valence-corrected chi connectivity index (χ4v) is 3.77. The number of nitrogens with zero attached hydrogens (tertiary/aromatic N) is 6. The maximum absolute atomic E-state index is 4.81. The van der Waals surface area contributed by atoms with Crippen molar-refractivity contribution >= 4 is 11.5 Å². The van der Waals surface area contributed by atoms with Gasteiger partial charge >= 0.3 is 0 Å². The van der Waals surface area contributed by atoms with Crippen LogP contribution in [0, 0.1) is 0 Å². The van der Waals surface area contributed by atoms with E-state index in [1.807, 2.05) is 30.3 Å². The van der Waals surface area contributed by atoms with Crippen LogP contribution in [0.5, 0.6) is 0 Å². The molecular weight excluding hydrogens is 336 g/mol. The molecule has 0 saturated carbocycles. The molecule has 4 heterocycles. The van der Waals surface area contributed by atoms with E-state index >= 15 is 0 Å². The molecular formula is C21H20N6. The molecule has 0 spiro atoms. The molecule has 134 valence electrons. The maximum atomic E-state index is 4.81. The van der Waals surface area contributed by atoms with Crippen LogP contribution in [0.3, 0.4) is 0 Å². The van der Waals surface area contributed by atoms with E-state index in [0.717, 1.165) is 43.1 Å². The van der Waals surface area contributed by atoms with Crippen molar-refractivity contribution in [3.05, 3.63) is 72.4 Å². The maximum Gasteiger partial charge on any atom is 0.203 e. The minimum Gasteiger partial charge on any atom is -0.355 e. The van der Waals surface area contributed by atoms with Crippen molar-refractivity contribution in [1.29, 1.82) is 0 Å². The van der Waals surface area contributed by atoms with Crippen molar-refractivity contribution in [1.82, 2.24) is 24.8 Å². The molecule has 0 aliphatic carbocycles. The first kappa shape index (κ1) is 15.9. The average molecular weight is 356 g/mol. The minimum atomic E-state index is 0.630. The largest absolute Gasteiger partial charge is 0.355 e. The van der Waals surface area contributed by atoms with Gasteiger partial charge in [-0.05, 0) is 48.6 Å². The summed E-state index contributed by atoms with van der Waals surface area (Å²) in [6, 6.07) is 20.6. The lowest BCUT2D eigenvalue weighted by atomic mass is 9.89. The van der Waals surface area contributed by atoms with Gasteiger partial charge in [-0.1, -0.05) is 36.4 Å². The van der Waals surface area contributed by atoms with E-state index < -0.39 is 0 Å². The Morgan fingerprint density at radius 1 is 0.815 bits per heavy atom. The van der Waals surface area contributed by atoms with Gasteiger partial charge in [-0.3, -0.25) is 4.98 Å². The normalized spacial score (nSPS) is 15.3. The first-order valence-corrected chi connectivity index (χ1v) is 9.32. The van der Waals surface area contributed by atoms with Crippen LogP contribution in [-0.2, 0) is 0 Å². The van der Waals surface area contributed by atoms with E-state index in [1.54, 1.807) is 10.7 Å². The minimum absolute atomic E-state index is 0.630. The summed E-state index contributed by atoms with van der Waals surface area (Å²) in [6.07, 6.45) is 4.03. The van der Waals surface area contributed by atoms with Gasteiger partial charge in [-0.15, -0.1) is 15.3 Å². The van der Waals surface area contributed by atoms with Crippen molar-refractivity contribution < 1.29 is 0 Å². The second-order valence-electron chi connectivity index (χ2n) is 6.87. The fraction of sp³-hybridized carbons (Fsp3) is 0.238. The number of aromatic nitrogens is 5. The summed E-state index contributed by atoms with van der Waals surface area (Å²) in [5.74, 6) is 2.27. The number of hydrogen-bond donors (Lipinski definition) is 0. The van der Waals surface area contributed by atoms with E-state index in [0.29, 0.717) is 11.7 Å². The molecule has 27 heavy (non-hydrogen) atoms. The van der Waals surface area contributed by atoms with Crippen LogP contribution in [0.1, 0.15) is 24.3 Å². The molecule has 1 saturated heterocycles. The zero-order valence-corrected chi connectivity index (χ0v) is 14.9. The molecule has 1 aliphatic rings. The zero-order valence-electron chi connectivity index (χ0n) is 14.9. The smallest absolute Gasteiger partial charge is 0.203 e. The van der Waals surface area contributed by atoms with Crippen LogP contribution in [0.2, 0.25) is 0 Å². The van der Waals surface area contributed by atoms with Gasteiger partial charge in [0.15, 0.2) is 5.65 Å².